The standard InChI is InChI=1S/C14H12F2N2O2/c15-10-2-4-11(13(16)6-10)8-1-3-12(14(17)19)9(5-8)7-20-18/h1-6H,7,18H2,(H2,17,19). The van der Waals surface area contributed by atoms with E-state index in [1.165, 1.54) is 24.3 Å². The summed E-state index contributed by atoms with van der Waals surface area (Å²) in [5.41, 5.74) is 6.57. The Kier molecular flexibility index (Phi) is 4.07. The van der Waals surface area contributed by atoms with Crippen LogP contribution in [0.15, 0.2) is 36.4 Å². The molecule has 0 atom stereocenters. The third-order valence-electron chi connectivity index (χ3n) is 2.85. The van der Waals surface area contributed by atoms with E-state index in [4.69, 9.17) is 11.6 Å². The van der Waals surface area contributed by atoms with Crippen molar-refractivity contribution >= 4 is 5.91 Å². The number of nitrogens with two attached hydrogens (primary N) is 2. The fourth-order valence-corrected chi connectivity index (χ4v) is 1.93. The van der Waals surface area contributed by atoms with Crippen molar-refractivity contribution in [2.45, 2.75) is 6.61 Å². The average Bonchev–Trinajstić information content (AvgIpc) is 2.38. The quantitative estimate of drug-likeness (QED) is 0.841. The summed E-state index contributed by atoms with van der Waals surface area (Å²) in [7, 11) is 0. The maximum Gasteiger partial charge on any atom is 0.249 e. The van der Waals surface area contributed by atoms with Crippen molar-refractivity contribution in [3.8, 4) is 11.1 Å². The minimum absolute atomic E-state index is 0.0467. The van der Waals surface area contributed by atoms with Gasteiger partial charge in [0.15, 0.2) is 0 Å². The second kappa shape index (κ2) is 5.77. The Bertz CT molecular complexity index is 660. The lowest BCUT2D eigenvalue weighted by Crippen LogP contribution is -2.15. The maximum atomic E-state index is 13.7. The van der Waals surface area contributed by atoms with E-state index in [9.17, 15) is 13.6 Å². The normalized spacial score (nSPS) is 10.6. The minimum atomic E-state index is -0.698. The van der Waals surface area contributed by atoms with Gasteiger partial charge in [0.25, 0.3) is 0 Å². The summed E-state index contributed by atoms with van der Waals surface area (Å²) in [6.07, 6.45) is 0. The summed E-state index contributed by atoms with van der Waals surface area (Å²) >= 11 is 0. The Hall–Kier alpha value is -2.31. The molecule has 20 heavy (non-hydrogen) atoms. The van der Waals surface area contributed by atoms with Crippen molar-refractivity contribution in [2.75, 3.05) is 0 Å². The van der Waals surface area contributed by atoms with Crippen LogP contribution in [-0.2, 0) is 11.4 Å². The van der Waals surface area contributed by atoms with Crippen LogP contribution in [0.3, 0.4) is 0 Å². The van der Waals surface area contributed by atoms with E-state index in [1.54, 1.807) is 0 Å². The molecule has 0 bridgehead atoms. The van der Waals surface area contributed by atoms with Crippen LogP contribution in [0.5, 0.6) is 0 Å². The fraction of sp³-hybridized carbons (Fsp3) is 0.0714. The molecule has 0 saturated carbocycles. The van der Waals surface area contributed by atoms with Gasteiger partial charge in [0, 0.05) is 17.2 Å². The molecule has 0 unspecified atom stereocenters. The first-order chi connectivity index (χ1) is 9.52. The molecule has 0 aliphatic rings. The highest BCUT2D eigenvalue weighted by Crippen LogP contribution is 2.26. The predicted octanol–water partition coefficient (Wildman–Crippen LogP) is 2.12. The molecule has 0 saturated heterocycles. The topological polar surface area (TPSA) is 78.3 Å². The van der Waals surface area contributed by atoms with Gasteiger partial charge in [0.05, 0.1) is 6.61 Å². The molecule has 2 rings (SSSR count). The molecule has 1 amide bonds. The van der Waals surface area contributed by atoms with Gasteiger partial charge in [0.2, 0.25) is 5.91 Å². The van der Waals surface area contributed by atoms with Crippen LogP contribution >= 0.6 is 0 Å². The molecule has 0 aliphatic heterocycles. The zero-order chi connectivity index (χ0) is 14.7. The highest BCUT2D eigenvalue weighted by atomic mass is 19.1. The lowest BCUT2D eigenvalue weighted by Gasteiger charge is -2.09. The van der Waals surface area contributed by atoms with E-state index in [0.29, 0.717) is 11.1 Å². The van der Waals surface area contributed by atoms with Crippen LogP contribution in [0.2, 0.25) is 0 Å². The van der Waals surface area contributed by atoms with E-state index >= 15 is 0 Å². The van der Waals surface area contributed by atoms with Crippen LogP contribution in [-0.4, -0.2) is 5.91 Å². The molecule has 0 spiro atoms. The highest BCUT2D eigenvalue weighted by Gasteiger charge is 2.12. The van der Waals surface area contributed by atoms with Gasteiger partial charge in [-0.05, 0) is 35.4 Å². The fourth-order valence-electron chi connectivity index (χ4n) is 1.93. The summed E-state index contributed by atoms with van der Waals surface area (Å²) in [4.78, 5) is 15.8. The van der Waals surface area contributed by atoms with Gasteiger partial charge in [-0.1, -0.05) is 6.07 Å². The second-order valence-electron chi connectivity index (χ2n) is 4.17. The molecule has 0 fully saturated rings. The first kappa shape index (κ1) is 14.1. The summed E-state index contributed by atoms with van der Waals surface area (Å²) in [6, 6.07) is 7.77. The van der Waals surface area contributed by atoms with E-state index in [1.807, 2.05) is 0 Å². The van der Waals surface area contributed by atoms with Crippen LogP contribution in [0, 0.1) is 11.6 Å². The Balaban J connectivity index is 2.52. The van der Waals surface area contributed by atoms with Crippen LogP contribution in [0.4, 0.5) is 8.78 Å². The number of hydrogen-bond donors (Lipinski definition) is 2. The van der Waals surface area contributed by atoms with E-state index in [2.05, 4.69) is 4.84 Å². The van der Waals surface area contributed by atoms with Crippen molar-refractivity contribution in [3.63, 3.8) is 0 Å². The molecule has 0 aromatic heterocycles. The second-order valence-corrected chi connectivity index (χ2v) is 4.17. The summed E-state index contributed by atoms with van der Waals surface area (Å²) in [6.45, 7) is -0.0467. The summed E-state index contributed by atoms with van der Waals surface area (Å²) in [5, 5.41) is 0. The predicted molar refractivity (Wildman–Crippen MR) is 69.3 cm³/mol. The van der Waals surface area contributed by atoms with Crippen molar-refractivity contribution in [1.82, 2.24) is 0 Å². The SMILES string of the molecule is NOCc1cc(-c2ccc(F)cc2F)ccc1C(N)=O. The van der Waals surface area contributed by atoms with Crippen LogP contribution < -0.4 is 11.6 Å². The number of hydrogen-bond acceptors (Lipinski definition) is 3. The zero-order valence-corrected chi connectivity index (χ0v) is 10.4. The van der Waals surface area contributed by atoms with Crippen molar-refractivity contribution in [1.29, 1.82) is 0 Å². The zero-order valence-electron chi connectivity index (χ0n) is 10.4. The largest absolute Gasteiger partial charge is 0.366 e. The molecular formula is C14H12F2N2O2. The molecule has 4 nitrogen and oxygen atoms in total. The molecule has 0 heterocycles. The molecule has 2 aromatic rings. The summed E-state index contributed by atoms with van der Waals surface area (Å²) in [5.74, 6) is 3.00. The smallest absolute Gasteiger partial charge is 0.249 e. The van der Waals surface area contributed by atoms with Crippen molar-refractivity contribution in [3.05, 3.63) is 59.2 Å². The number of carbonyl (C=O) groups is 1. The highest BCUT2D eigenvalue weighted by molar-refractivity contribution is 5.95. The van der Waals surface area contributed by atoms with E-state index < -0.39 is 17.5 Å². The molecule has 0 aliphatic carbocycles. The van der Waals surface area contributed by atoms with Gasteiger partial charge in [-0.2, -0.15) is 0 Å². The number of halogens is 2. The minimum Gasteiger partial charge on any atom is -0.366 e. The van der Waals surface area contributed by atoms with Crippen molar-refractivity contribution < 1.29 is 18.4 Å². The molecular weight excluding hydrogens is 266 g/mol. The van der Waals surface area contributed by atoms with E-state index in [-0.39, 0.29) is 17.7 Å². The van der Waals surface area contributed by atoms with Gasteiger partial charge in [-0.15, -0.1) is 0 Å². The Morgan fingerprint density at radius 3 is 2.50 bits per heavy atom. The number of rotatable bonds is 4. The first-order valence-corrected chi connectivity index (χ1v) is 5.72. The van der Waals surface area contributed by atoms with Gasteiger partial charge >= 0.3 is 0 Å². The monoisotopic (exact) mass is 278 g/mol. The lowest BCUT2D eigenvalue weighted by molar-refractivity contribution is 0.0986. The molecule has 6 heteroatoms. The number of carbonyl (C=O) groups excluding carboxylic acids is 1. The Morgan fingerprint density at radius 2 is 1.90 bits per heavy atom. The lowest BCUT2D eigenvalue weighted by atomic mass is 9.98. The summed E-state index contributed by atoms with van der Waals surface area (Å²) < 4.78 is 26.6. The molecule has 104 valence electrons. The maximum absolute atomic E-state index is 13.7. The van der Waals surface area contributed by atoms with E-state index in [0.717, 1.165) is 12.1 Å². The number of benzene rings is 2. The first-order valence-electron chi connectivity index (χ1n) is 5.72. The average molecular weight is 278 g/mol. The van der Waals surface area contributed by atoms with Crippen molar-refractivity contribution in [2.24, 2.45) is 11.6 Å². The molecule has 4 N–H and O–H groups in total. The third-order valence-corrected chi connectivity index (χ3v) is 2.85. The molecule has 0 radical (unpaired) electrons. The Morgan fingerprint density at radius 1 is 1.15 bits per heavy atom. The van der Waals surface area contributed by atoms with Crippen LogP contribution in [0.25, 0.3) is 11.1 Å². The molecule has 2 aromatic carbocycles. The van der Waals surface area contributed by atoms with Gasteiger partial charge in [-0.25, -0.2) is 14.7 Å². The van der Waals surface area contributed by atoms with Gasteiger partial charge in [-0.3, -0.25) is 9.63 Å². The number of amides is 1. The number of primary amides is 1. The van der Waals surface area contributed by atoms with Gasteiger partial charge < -0.3 is 5.73 Å². The third kappa shape index (κ3) is 2.81. The van der Waals surface area contributed by atoms with Crippen LogP contribution in [0.1, 0.15) is 15.9 Å². The van der Waals surface area contributed by atoms with Gasteiger partial charge in [0.1, 0.15) is 11.6 Å². The Labute approximate surface area is 113 Å².